The molecule has 3 unspecified atom stereocenters. The first kappa shape index (κ1) is 17.0. The molecule has 0 radical (unpaired) electrons. The van der Waals surface area contributed by atoms with Crippen molar-refractivity contribution >= 4 is 28.3 Å². The first-order valence-corrected chi connectivity index (χ1v) is 9.42. The minimum absolute atomic E-state index is 0.00152. The molecule has 0 aliphatic carbocycles. The second-order valence-corrected chi connectivity index (χ2v) is 7.49. The number of anilines is 1. The molecule has 2 aromatic rings. The summed E-state index contributed by atoms with van der Waals surface area (Å²) in [5.41, 5.74) is 0.899. The van der Waals surface area contributed by atoms with Crippen LogP contribution >= 0.6 is 0 Å². The van der Waals surface area contributed by atoms with Crippen LogP contribution in [0.15, 0.2) is 42.5 Å². The van der Waals surface area contributed by atoms with Gasteiger partial charge in [0, 0.05) is 30.9 Å². The predicted molar refractivity (Wildman–Crippen MR) is 103 cm³/mol. The lowest BCUT2D eigenvalue weighted by Gasteiger charge is -2.31. The molecule has 2 fully saturated rings. The number of hydrogen-bond acceptors (Lipinski definition) is 3. The average molecular weight is 351 g/mol. The van der Waals surface area contributed by atoms with Crippen LogP contribution in [0.25, 0.3) is 10.8 Å². The van der Waals surface area contributed by atoms with E-state index in [-0.39, 0.29) is 30.2 Å². The van der Waals surface area contributed by atoms with Crippen LogP contribution < -0.4 is 15.5 Å². The average Bonchev–Trinajstić information content (AvgIpc) is 3.05. The van der Waals surface area contributed by atoms with E-state index < -0.39 is 0 Å². The van der Waals surface area contributed by atoms with E-state index in [9.17, 15) is 9.59 Å². The van der Waals surface area contributed by atoms with Crippen molar-refractivity contribution in [3.05, 3.63) is 42.5 Å². The van der Waals surface area contributed by atoms with Crippen molar-refractivity contribution in [1.29, 1.82) is 0 Å². The molecule has 2 saturated heterocycles. The molecule has 0 saturated carbocycles. The third-order valence-electron chi connectivity index (χ3n) is 5.71. The standard InChI is InChI=1S/C21H25N3O2/c1-14-9-10-22-12-18(14)23-21(26)16-11-20(25)24(13-16)19-8-4-6-15-5-2-3-7-17(15)19/h2-8,14,16,18,22H,9-13H2,1H3,(H,23,26). The van der Waals surface area contributed by atoms with Crippen molar-refractivity contribution in [3.8, 4) is 0 Å². The van der Waals surface area contributed by atoms with Crippen LogP contribution in [0.5, 0.6) is 0 Å². The summed E-state index contributed by atoms with van der Waals surface area (Å²) in [5.74, 6) is 0.208. The van der Waals surface area contributed by atoms with Crippen LogP contribution in [0.2, 0.25) is 0 Å². The highest BCUT2D eigenvalue weighted by molar-refractivity contribution is 6.07. The van der Waals surface area contributed by atoms with E-state index in [1.807, 2.05) is 42.5 Å². The number of fused-ring (bicyclic) bond motifs is 1. The zero-order valence-electron chi connectivity index (χ0n) is 15.1. The Bertz CT molecular complexity index is 830. The molecule has 26 heavy (non-hydrogen) atoms. The lowest BCUT2D eigenvalue weighted by molar-refractivity contribution is -0.127. The molecule has 0 spiro atoms. The molecule has 2 amide bonds. The fraction of sp³-hybridized carbons (Fsp3) is 0.429. The summed E-state index contributed by atoms with van der Waals surface area (Å²) in [7, 11) is 0. The lowest BCUT2D eigenvalue weighted by atomic mass is 9.94. The number of carbonyl (C=O) groups is 2. The monoisotopic (exact) mass is 351 g/mol. The summed E-state index contributed by atoms with van der Waals surface area (Å²) >= 11 is 0. The Kier molecular flexibility index (Phi) is 4.64. The van der Waals surface area contributed by atoms with Gasteiger partial charge in [-0.1, -0.05) is 43.3 Å². The van der Waals surface area contributed by atoms with E-state index in [1.165, 1.54) is 0 Å². The Morgan fingerprint density at radius 3 is 2.85 bits per heavy atom. The first-order valence-electron chi connectivity index (χ1n) is 9.42. The maximum Gasteiger partial charge on any atom is 0.227 e. The molecule has 2 aliphatic rings. The number of rotatable bonds is 3. The third-order valence-corrected chi connectivity index (χ3v) is 5.71. The van der Waals surface area contributed by atoms with Crippen LogP contribution in [0.3, 0.4) is 0 Å². The van der Waals surface area contributed by atoms with Gasteiger partial charge in [-0.2, -0.15) is 0 Å². The molecule has 2 aliphatic heterocycles. The van der Waals surface area contributed by atoms with Crippen LogP contribution in [-0.2, 0) is 9.59 Å². The maximum absolute atomic E-state index is 12.7. The fourth-order valence-corrected chi connectivity index (χ4v) is 4.04. The molecule has 5 nitrogen and oxygen atoms in total. The van der Waals surface area contributed by atoms with Crippen molar-refractivity contribution in [2.24, 2.45) is 11.8 Å². The molecule has 4 rings (SSSR count). The van der Waals surface area contributed by atoms with E-state index in [0.29, 0.717) is 12.5 Å². The number of hydrogen-bond donors (Lipinski definition) is 2. The quantitative estimate of drug-likeness (QED) is 0.892. The Labute approximate surface area is 153 Å². The Morgan fingerprint density at radius 1 is 1.19 bits per heavy atom. The summed E-state index contributed by atoms with van der Waals surface area (Å²) in [6.07, 6.45) is 1.35. The Morgan fingerprint density at radius 2 is 2.00 bits per heavy atom. The zero-order chi connectivity index (χ0) is 18.1. The van der Waals surface area contributed by atoms with Crippen LogP contribution in [0.1, 0.15) is 19.8 Å². The molecule has 2 N–H and O–H groups in total. The normalized spacial score (nSPS) is 26.3. The van der Waals surface area contributed by atoms with Crippen LogP contribution in [0, 0.1) is 11.8 Å². The van der Waals surface area contributed by atoms with Gasteiger partial charge in [-0.05, 0) is 30.3 Å². The minimum Gasteiger partial charge on any atom is -0.352 e. The van der Waals surface area contributed by atoms with Crippen molar-refractivity contribution in [2.75, 3.05) is 24.5 Å². The Hall–Kier alpha value is -2.40. The number of nitrogens with zero attached hydrogens (tertiary/aromatic N) is 1. The molecule has 2 heterocycles. The van der Waals surface area contributed by atoms with Crippen molar-refractivity contribution in [1.82, 2.24) is 10.6 Å². The molecule has 0 bridgehead atoms. The topological polar surface area (TPSA) is 61.4 Å². The van der Waals surface area contributed by atoms with Gasteiger partial charge in [-0.3, -0.25) is 9.59 Å². The van der Waals surface area contributed by atoms with Gasteiger partial charge in [0.25, 0.3) is 0 Å². The molecular formula is C21H25N3O2. The SMILES string of the molecule is CC1CCNCC1NC(=O)C1CC(=O)N(c2cccc3ccccc23)C1. The number of carbonyl (C=O) groups excluding carboxylic acids is 2. The summed E-state index contributed by atoms with van der Waals surface area (Å²) < 4.78 is 0. The van der Waals surface area contributed by atoms with Gasteiger partial charge >= 0.3 is 0 Å². The highest BCUT2D eigenvalue weighted by Crippen LogP contribution is 2.31. The van der Waals surface area contributed by atoms with Crippen molar-refractivity contribution in [2.45, 2.75) is 25.8 Å². The predicted octanol–water partition coefficient (Wildman–Crippen LogP) is 2.31. The second kappa shape index (κ2) is 7.08. The molecule has 136 valence electrons. The number of nitrogens with one attached hydrogen (secondary N) is 2. The van der Waals surface area contributed by atoms with Gasteiger partial charge in [0.05, 0.1) is 11.6 Å². The van der Waals surface area contributed by atoms with Crippen LogP contribution in [-0.4, -0.2) is 37.5 Å². The first-order chi connectivity index (χ1) is 12.6. The second-order valence-electron chi connectivity index (χ2n) is 7.49. The summed E-state index contributed by atoms with van der Waals surface area (Å²) in [4.78, 5) is 27.1. The number of piperidine rings is 1. The molecule has 2 aromatic carbocycles. The van der Waals surface area contributed by atoms with Crippen molar-refractivity contribution < 1.29 is 9.59 Å². The van der Waals surface area contributed by atoms with Gasteiger partial charge < -0.3 is 15.5 Å². The highest BCUT2D eigenvalue weighted by Gasteiger charge is 2.37. The summed E-state index contributed by atoms with van der Waals surface area (Å²) in [5, 5.41) is 8.65. The molecule has 3 atom stereocenters. The van der Waals surface area contributed by atoms with E-state index in [2.05, 4.69) is 17.6 Å². The van der Waals surface area contributed by atoms with E-state index in [4.69, 9.17) is 0 Å². The van der Waals surface area contributed by atoms with Gasteiger partial charge in [0.1, 0.15) is 0 Å². The van der Waals surface area contributed by atoms with E-state index in [1.54, 1.807) is 4.90 Å². The molecule has 5 heteroatoms. The maximum atomic E-state index is 12.7. The van der Waals surface area contributed by atoms with Gasteiger partial charge in [0.2, 0.25) is 11.8 Å². The molecule has 0 aromatic heterocycles. The Balaban J connectivity index is 1.50. The third kappa shape index (κ3) is 3.19. The van der Waals surface area contributed by atoms with Gasteiger partial charge in [-0.15, -0.1) is 0 Å². The fourth-order valence-electron chi connectivity index (χ4n) is 4.04. The zero-order valence-corrected chi connectivity index (χ0v) is 15.1. The summed E-state index contributed by atoms with van der Waals surface area (Å²) in [6.45, 7) is 4.44. The summed E-state index contributed by atoms with van der Waals surface area (Å²) in [6, 6.07) is 14.2. The number of benzene rings is 2. The van der Waals surface area contributed by atoms with Gasteiger partial charge in [-0.25, -0.2) is 0 Å². The lowest BCUT2D eigenvalue weighted by Crippen LogP contribution is -2.51. The van der Waals surface area contributed by atoms with Gasteiger partial charge in [0.15, 0.2) is 0 Å². The van der Waals surface area contributed by atoms with Crippen molar-refractivity contribution in [3.63, 3.8) is 0 Å². The largest absolute Gasteiger partial charge is 0.352 e. The highest BCUT2D eigenvalue weighted by atomic mass is 16.2. The minimum atomic E-state index is -0.282. The van der Waals surface area contributed by atoms with Crippen LogP contribution in [0.4, 0.5) is 5.69 Å². The number of amides is 2. The van der Waals surface area contributed by atoms with E-state index in [0.717, 1.165) is 36.0 Å². The van der Waals surface area contributed by atoms with E-state index >= 15 is 0 Å². The smallest absolute Gasteiger partial charge is 0.227 e. The molecular weight excluding hydrogens is 326 g/mol.